The number of alkyl halides is 1. The summed E-state index contributed by atoms with van der Waals surface area (Å²) in [5.74, 6) is 0. The van der Waals surface area contributed by atoms with Crippen LogP contribution in [-0.2, 0) is 9.47 Å². The first kappa shape index (κ1) is 14.9. The van der Waals surface area contributed by atoms with Crippen LogP contribution in [0.2, 0.25) is 0 Å². The van der Waals surface area contributed by atoms with Crippen LogP contribution >= 0.6 is 0 Å². The molecule has 0 spiro atoms. The highest BCUT2D eigenvalue weighted by Crippen LogP contribution is 2.40. The molecule has 8 heteroatoms. The van der Waals surface area contributed by atoms with Crippen LogP contribution in [0.1, 0.15) is 20.1 Å². The van der Waals surface area contributed by atoms with Gasteiger partial charge >= 0.3 is 5.69 Å². The third-order valence-electron chi connectivity index (χ3n) is 3.31. The van der Waals surface area contributed by atoms with Crippen LogP contribution in [-0.4, -0.2) is 45.7 Å². The van der Waals surface area contributed by atoms with E-state index in [1.807, 2.05) is 4.98 Å². The molecule has 0 aromatic carbocycles. The molecule has 1 fully saturated rings. The summed E-state index contributed by atoms with van der Waals surface area (Å²) < 4.78 is 26.1. The molecule has 2 N–H and O–H groups in total. The summed E-state index contributed by atoms with van der Waals surface area (Å²) in [6, 6.07) is 1.09. The number of nitrogens with zero attached hydrogens (tertiary/aromatic N) is 1. The minimum atomic E-state index is -2.18. The zero-order chi connectivity index (χ0) is 14.9. The summed E-state index contributed by atoms with van der Waals surface area (Å²) in [7, 11) is 0. The van der Waals surface area contributed by atoms with Crippen LogP contribution in [0, 0.1) is 0 Å². The van der Waals surface area contributed by atoms with Crippen LogP contribution in [0.3, 0.4) is 0 Å². The first-order chi connectivity index (χ1) is 9.37. The van der Waals surface area contributed by atoms with Gasteiger partial charge in [-0.15, -0.1) is 0 Å². The highest BCUT2D eigenvalue weighted by molar-refractivity contribution is 5.01. The molecule has 0 aliphatic carbocycles. The first-order valence-corrected chi connectivity index (χ1v) is 6.29. The quantitative estimate of drug-likeness (QED) is 0.783. The van der Waals surface area contributed by atoms with Gasteiger partial charge in [0.1, 0.15) is 12.2 Å². The third kappa shape index (κ3) is 2.54. The first-order valence-electron chi connectivity index (χ1n) is 6.29. The topological polar surface area (TPSA) is 93.5 Å². The molecule has 7 nitrogen and oxygen atoms in total. The van der Waals surface area contributed by atoms with Gasteiger partial charge in [0.15, 0.2) is 11.9 Å². The Bertz CT molecular complexity index is 582. The van der Waals surface area contributed by atoms with Gasteiger partial charge in [0, 0.05) is 18.9 Å². The Morgan fingerprint density at radius 1 is 1.60 bits per heavy atom. The largest absolute Gasteiger partial charge is 0.387 e. The fraction of sp³-hybridized carbons (Fsp3) is 0.667. The van der Waals surface area contributed by atoms with E-state index in [-0.39, 0.29) is 6.61 Å². The predicted molar refractivity (Wildman–Crippen MR) is 67.2 cm³/mol. The Morgan fingerprint density at radius 2 is 2.30 bits per heavy atom. The molecule has 2 heterocycles. The average Bonchev–Trinajstić information content (AvgIpc) is 2.60. The van der Waals surface area contributed by atoms with E-state index in [0.717, 1.165) is 23.8 Å². The standard InChI is InChI=1S/C12H17FN2O5/c1-3-19-6-7-9(17)12(2,13)10(20-7)15-5-4-8(16)14-11(15)18/h4-5,7,9-10,17H,3,6H2,1-2H3,(H,14,16,18). The molecule has 112 valence electrons. The molecule has 0 amide bonds. The van der Waals surface area contributed by atoms with E-state index in [9.17, 15) is 19.1 Å². The Hall–Kier alpha value is -1.51. The number of rotatable bonds is 4. The molecule has 4 unspecified atom stereocenters. The van der Waals surface area contributed by atoms with Gasteiger partial charge in [0.25, 0.3) is 5.56 Å². The van der Waals surface area contributed by atoms with Gasteiger partial charge in [0.2, 0.25) is 0 Å². The Balaban J connectivity index is 2.32. The SMILES string of the molecule is CCOCC1OC(n2ccc(=O)[nH]c2=O)C(C)(F)C1O. The Labute approximate surface area is 114 Å². The molecule has 0 bridgehead atoms. The van der Waals surface area contributed by atoms with Crippen molar-refractivity contribution in [2.75, 3.05) is 13.2 Å². The maximum atomic E-state index is 14.6. The lowest BCUT2D eigenvalue weighted by molar-refractivity contribution is -0.0705. The highest BCUT2D eigenvalue weighted by Gasteiger charge is 2.55. The zero-order valence-corrected chi connectivity index (χ0v) is 11.2. The summed E-state index contributed by atoms with van der Waals surface area (Å²) in [5.41, 5.74) is -3.56. The van der Waals surface area contributed by atoms with Gasteiger partial charge in [-0.1, -0.05) is 0 Å². The van der Waals surface area contributed by atoms with E-state index in [1.54, 1.807) is 6.92 Å². The number of nitrogens with one attached hydrogen (secondary N) is 1. The van der Waals surface area contributed by atoms with E-state index in [4.69, 9.17) is 9.47 Å². The number of aliphatic hydroxyl groups excluding tert-OH is 1. The molecule has 20 heavy (non-hydrogen) atoms. The molecule has 4 atom stereocenters. The molecular weight excluding hydrogens is 271 g/mol. The Kier molecular flexibility index (Phi) is 4.07. The second-order valence-electron chi connectivity index (χ2n) is 4.80. The van der Waals surface area contributed by atoms with Crippen molar-refractivity contribution in [3.8, 4) is 0 Å². The number of hydrogen-bond donors (Lipinski definition) is 2. The predicted octanol–water partition coefficient (Wildman–Crippen LogP) is -0.440. The van der Waals surface area contributed by atoms with Crippen molar-refractivity contribution in [2.24, 2.45) is 0 Å². The van der Waals surface area contributed by atoms with Crippen molar-refractivity contribution in [1.29, 1.82) is 0 Å². The molecular formula is C12H17FN2O5. The monoisotopic (exact) mass is 288 g/mol. The van der Waals surface area contributed by atoms with Gasteiger partial charge in [0.05, 0.1) is 6.61 Å². The maximum absolute atomic E-state index is 14.6. The molecule has 0 saturated carbocycles. The molecule has 1 aliphatic heterocycles. The molecule has 1 aromatic heterocycles. The normalized spacial score (nSPS) is 33.5. The number of ether oxygens (including phenoxy) is 2. The highest BCUT2D eigenvalue weighted by atomic mass is 19.1. The smallest absolute Gasteiger partial charge is 0.330 e. The third-order valence-corrected chi connectivity index (χ3v) is 3.31. The van der Waals surface area contributed by atoms with Crippen molar-refractivity contribution < 1.29 is 19.0 Å². The fourth-order valence-corrected chi connectivity index (χ4v) is 2.20. The van der Waals surface area contributed by atoms with Crippen LogP contribution in [0.25, 0.3) is 0 Å². The summed E-state index contributed by atoms with van der Waals surface area (Å²) in [5, 5.41) is 9.95. The van der Waals surface area contributed by atoms with Crippen molar-refractivity contribution in [2.45, 2.75) is 38.0 Å². The minimum absolute atomic E-state index is 0.0196. The maximum Gasteiger partial charge on any atom is 0.330 e. The summed E-state index contributed by atoms with van der Waals surface area (Å²) in [6.07, 6.45) is -2.50. The van der Waals surface area contributed by atoms with Gasteiger partial charge in [-0.3, -0.25) is 14.3 Å². The number of H-pyrrole nitrogens is 1. The molecule has 2 rings (SSSR count). The van der Waals surface area contributed by atoms with Crippen LogP contribution in [0.4, 0.5) is 4.39 Å². The lowest BCUT2D eigenvalue weighted by atomic mass is 9.98. The number of halogens is 1. The van der Waals surface area contributed by atoms with E-state index in [0.29, 0.717) is 6.61 Å². The van der Waals surface area contributed by atoms with Crippen LogP contribution < -0.4 is 11.2 Å². The second kappa shape index (κ2) is 5.47. The van der Waals surface area contributed by atoms with Crippen molar-refractivity contribution in [3.63, 3.8) is 0 Å². The van der Waals surface area contributed by atoms with Crippen molar-refractivity contribution >= 4 is 0 Å². The number of aliphatic hydroxyl groups is 1. The van der Waals surface area contributed by atoms with E-state index >= 15 is 0 Å². The molecule has 1 aromatic rings. The second-order valence-corrected chi connectivity index (χ2v) is 4.80. The number of aromatic nitrogens is 2. The zero-order valence-electron chi connectivity index (χ0n) is 11.2. The molecule has 0 radical (unpaired) electrons. The van der Waals surface area contributed by atoms with Crippen molar-refractivity contribution in [3.05, 3.63) is 33.1 Å². The summed E-state index contributed by atoms with van der Waals surface area (Å²) in [4.78, 5) is 24.7. The van der Waals surface area contributed by atoms with Gasteiger partial charge < -0.3 is 14.6 Å². The van der Waals surface area contributed by atoms with Gasteiger partial charge in [-0.05, 0) is 13.8 Å². The van der Waals surface area contributed by atoms with Crippen molar-refractivity contribution in [1.82, 2.24) is 9.55 Å². The lowest BCUT2D eigenvalue weighted by Gasteiger charge is -2.24. The van der Waals surface area contributed by atoms with Gasteiger partial charge in [-0.25, -0.2) is 9.18 Å². The minimum Gasteiger partial charge on any atom is -0.387 e. The Morgan fingerprint density at radius 3 is 2.90 bits per heavy atom. The fourth-order valence-electron chi connectivity index (χ4n) is 2.20. The number of hydrogen-bond acceptors (Lipinski definition) is 5. The molecule has 1 aliphatic rings. The van der Waals surface area contributed by atoms with E-state index < -0.39 is 35.4 Å². The van der Waals surface area contributed by atoms with E-state index in [2.05, 4.69) is 0 Å². The van der Waals surface area contributed by atoms with Crippen LogP contribution in [0.5, 0.6) is 0 Å². The van der Waals surface area contributed by atoms with E-state index in [1.165, 1.54) is 0 Å². The molecule has 1 saturated heterocycles. The van der Waals surface area contributed by atoms with Gasteiger partial charge in [-0.2, -0.15) is 0 Å². The summed E-state index contributed by atoms with van der Waals surface area (Å²) in [6.45, 7) is 3.33. The average molecular weight is 288 g/mol. The lowest BCUT2D eigenvalue weighted by Crippen LogP contribution is -2.43. The number of aromatic amines is 1. The van der Waals surface area contributed by atoms with Crippen LogP contribution in [0.15, 0.2) is 21.9 Å². The summed E-state index contributed by atoms with van der Waals surface area (Å²) >= 11 is 0.